The fraction of sp³-hybridized carbons (Fsp3) is 0.500. The van der Waals surface area contributed by atoms with E-state index >= 15 is 0 Å². The lowest BCUT2D eigenvalue weighted by atomic mass is 9.96. The van der Waals surface area contributed by atoms with Crippen LogP contribution in [0, 0.1) is 5.92 Å². The van der Waals surface area contributed by atoms with Gasteiger partial charge in [0, 0.05) is 17.2 Å². The van der Waals surface area contributed by atoms with Crippen LogP contribution >= 0.6 is 0 Å². The van der Waals surface area contributed by atoms with Gasteiger partial charge in [-0.1, -0.05) is 27.2 Å². The molecule has 0 fully saturated rings. The van der Waals surface area contributed by atoms with Crippen molar-refractivity contribution in [2.75, 3.05) is 0 Å². The van der Waals surface area contributed by atoms with Gasteiger partial charge in [0.25, 0.3) is 0 Å². The van der Waals surface area contributed by atoms with Crippen molar-refractivity contribution in [2.24, 2.45) is 23.1 Å². The van der Waals surface area contributed by atoms with Gasteiger partial charge in [0.1, 0.15) is 0 Å². The molecule has 1 aromatic carbocycles. The molecule has 118 valence electrons. The van der Waals surface area contributed by atoms with Crippen LogP contribution in [-0.4, -0.2) is 17.9 Å². The fourth-order valence-electron chi connectivity index (χ4n) is 1.87. The van der Waals surface area contributed by atoms with Gasteiger partial charge in [-0.05, 0) is 43.0 Å². The van der Waals surface area contributed by atoms with Crippen molar-refractivity contribution in [3.8, 4) is 0 Å². The minimum atomic E-state index is -0.522. The molecule has 0 heterocycles. The lowest BCUT2D eigenvalue weighted by Gasteiger charge is -2.16. The molecule has 2 amide bonds. The minimum absolute atomic E-state index is 0.361. The molecule has 0 saturated carbocycles. The Hall–Kier alpha value is -1.88. The second-order valence-electron chi connectivity index (χ2n) is 5.14. The summed E-state index contributed by atoms with van der Waals surface area (Å²) in [5.74, 6) is -0.336. The summed E-state index contributed by atoms with van der Waals surface area (Å²) in [5, 5.41) is 0. The Bertz CT molecular complexity index is 410. The third-order valence-electron chi connectivity index (χ3n) is 3.40. The van der Waals surface area contributed by atoms with Crippen LogP contribution in [-0.2, 0) is 0 Å². The van der Waals surface area contributed by atoms with Crippen molar-refractivity contribution < 1.29 is 9.59 Å². The molecule has 6 N–H and O–H groups in total. The maximum atomic E-state index is 10.6. The summed E-state index contributed by atoms with van der Waals surface area (Å²) in [5.41, 5.74) is 16.5. The normalized spacial score (nSPS) is 12.8. The Kier molecular flexibility index (Phi) is 9.05. The molecule has 0 radical (unpaired) electrons. The van der Waals surface area contributed by atoms with Crippen molar-refractivity contribution >= 4 is 11.8 Å². The summed E-state index contributed by atoms with van der Waals surface area (Å²) in [6.07, 6.45) is 3.64. The maximum Gasteiger partial charge on any atom is 0.248 e. The van der Waals surface area contributed by atoms with E-state index in [0.717, 1.165) is 6.42 Å². The van der Waals surface area contributed by atoms with E-state index in [-0.39, 0.29) is 0 Å². The zero-order valence-corrected chi connectivity index (χ0v) is 13.1. The Balaban J connectivity index is 0.000000400. The van der Waals surface area contributed by atoms with E-state index in [9.17, 15) is 9.59 Å². The molecule has 0 aliphatic carbocycles. The second kappa shape index (κ2) is 9.94. The van der Waals surface area contributed by atoms with Crippen LogP contribution in [0.1, 0.15) is 60.7 Å². The number of amides is 2. The molecule has 5 heteroatoms. The van der Waals surface area contributed by atoms with Gasteiger partial charge in [-0.2, -0.15) is 0 Å². The first-order valence-corrected chi connectivity index (χ1v) is 7.28. The first kappa shape index (κ1) is 19.1. The van der Waals surface area contributed by atoms with E-state index in [2.05, 4.69) is 20.8 Å². The van der Waals surface area contributed by atoms with E-state index < -0.39 is 11.8 Å². The topological polar surface area (TPSA) is 112 Å². The molecule has 0 bridgehead atoms. The van der Waals surface area contributed by atoms with Crippen LogP contribution in [0.25, 0.3) is 0 Å². The minimum Gasteiger partial charge on any atom is -0.366 e. The molecule has 0 saturated heterocycles. The van der Waals surface area contributed by atoms with E-state index in [0.29, 0.717) is 23.1 Å². The first-order valence-electron chi connectivity index (χ1n) is 7.28. The van der Waals surface area contributed by atoms with Gasteiger partial charge in [-0.25, -0.2) is 0 Å². The molecule has 0 aromatic heterocycles. The Morgan fingerprint density at radius 2 is 1.38 bits per heavy atom. The Labute approximate surface area is 126 Å². The molecule has 21 heavy (non-hydrogen) atoms. The number of rotatable bonds is 6. The molecule has 1 aromatic rings. The van der Waals surface area contributed by atoms with Gasteiger partial charge >= 0.3 is 0 Å². The Morgan fingerprint density at radius 1 is 1.00 bits per heavy atom. The van der Waals surface area contributed by atoms with Crippen LogP contribution in [0.3, 0.4) is 0 Å². The maximum absolute atomic E-state index is 10.6. The summed E-state index contributed by atoms with van der Waals surface area (Å²) in [6, 6.07) is 6.26. The van der Waals surface area contributed by atoms with Crippen LogP contribution < -0.4 is 17.2 Å². The highest BCUT2D eigenvalue weighted by molar-refractivity contribution is 5.96. The summed E-state index contributed by atoms with van der Waals surface area (Å²) in [4.78, 5) is 21.2. The van der Waals surface area contributed by atoms with Crippen molar-refractivity contribution in [3.63, 3.8) is 0 Å². The first-order chi connectivity index (χ1) is 9.83. The predicted molar refractivity (Wildman–Crippen MR) is 85.8 cm³/mol. The molecule has 2 unspecified atom stereocenters. The highest BCUT2D eigenvalue weighted by Gasteiger charge is 2.07. The molecule has 0 aliphatic rings. The third-order valence-corrected chi connectivity index (χ3v) is 3.40. The number of primary amides is 2. The summed E-state index contributed by atoms with van der Waals surface area (Å²) < 4.78 is 0. The highest BCUT2D eigenvalue weighted by atomic mass is 16.1. The smallest absolute Gasteiger partial charge is 0.248 e. The van der Waals surface area contributed by atoms with E-state index in [1.165, 1.54) is 37.1 Å². The average molecular weight is 293 g/mol. The predicted octanol–water partition coefficient (Wildman–Crippen LogP) is 2.04. The highest BCUT2D eigenvalue weighted by Crippen LogP contribution is 2.10. The Morgan fingerprint density at radius 3 is 1.62 bits per heavy atom. The molecule has 0 aliphatic heterocycles. The summed E-state index contributed by atoms with van der Waals surface area (Å²) >= 11 is 0. The lowest BCUT2D eigenvalue weighted by molar-refractivity contribution is 0.0988. The van der Waals surface area contributed by atoms with Gasteiger partial charge in [0.05, 0.1) is 0 Å². The summed E-state index contributed by atoms with van der Waals surface area (Å²) in [6.45, 7) is 6.59. The van der Waals surface area contributed by atoms with Crippen LogP contribution in [0.2, 0.25) is 0 Å². The number of hydrogen-bond acceptors (Lipinski definition) is 3. The lowest BCUT2D eigenvalue weighted by Crippen LogP contribution is -2.26. The number of carbonyl (C=O) groups excluding carboxylic acids is 2. The van der Waals surface area contributed by atoms with Crippen molar-refractivity contribution in [3.05, 3.63) is 35.4 Å². The van der Waals surface area contributed by atoms with Crippen LogP contribution in [0.4, 0.5) is 0 Å². The molecule has 1 rings (SSSR count). The van der Waals surface area contributed by atoms with Crippen LogP contribution in [0.15, 0.2) is 24.3 Å². The quantitative estimate of drug-likeness (QED) is 0.746. The van der Waals surface area contributed by atoms with E-state index in [1.807, 2.05) is 0 Å². The van der Waals surface area contributed by atoms with Crippen molar-refractivity contribution in [2.45, 2.75) is 46.1 Å². The molecular weight excluding hydrogens is 266 g/mol. The van der Waals surface area contributed by atoms with Gasteiger partial charge in [-0.15, -0.1) is 0 Å². The molecular formula is C16H27N3O2. The number of carbonyl (C=O) groups is 2. The number of benzene rings is 1. The largest absolute Gasteiger partial charge is 0.366 e. The van der Waals surface area contributed by atoms with Crippen molar-refractivity contribution in [1.82, 2.24) is 0 Å². The standard InChI is InChI=1S/C8H8N2O2.C8H19N/c9-7(11)5-1-2-6(4-3-5)8(10)12;1-4-6-7(3)8(9)5-2/h1-4H,(H2,9,11)(H2,10,12);7-8H,4-6,9H2,1-3H3. The SMILES string of the molecule is CCCC(C)C(N)CC.NC(=O)c1ccc(C(N)=O)cc1. The van der Waals surface area contributed by atoms with Gasteiger partial charge in [0.2, 0.25) is 11.8 Å². The second-order valence-corrected chi connectivity index (χ2v) is 5.14. The van der Waals surface area contributed by atoms with Gasteiger partial charge < -0.3 is 17.2 Å². The zero-order chi connectivity index (χ0) is 16.4. The molecule has 0 spiro atoms. The number of hydrogen-bond donors (Lipinski definition) is 3. The van der Waals surface area contributed by atoms with Crippen LogP contribution in [0.5, 0.6) is 0 Å². The molecule has 5 nitrogen and oxygen atoms in total. The fourth-order valence-corrected chi connectivity index (χ4v) is 1.87. The third kappa shape index (κ3) is 7.46. The molecule has 2 atom stereocenters. The van der Waals surface area contributed by atoms with Crippen molar-refractivity contribution in [1.29, 1.82) is 0 Å². The zero-order valence-electron chi connectivity index (χ0n) is 13.1. The van der Waals surface area contributed by atoms with Gasteiger partial charge in [-0.3, -0.25) is 9.59 Å². The number of nitrogens with two attached hydrogens (primary N) is 3. The van der Waals surface area contributed by atoms with E-state index in [1.54, 1.807) is 0 Å². The monoisotopic (exact) mass is 293 g/mol. The van der Waals surface area contributed by atoms with Gasteiger partial charge in [0.15, 0.2) is 0 Å². The summed E-state index contributed by atoms with van der Waals surface area (Å²) in [7, 11) is 0. The average Bonchev–Trinajstić information content (AvgIpc) is 2.47. The van der Waals surface area contributed by atoms with E-state index in [4.69, 9.17) is 17.2 Å².